The van der Waals surface area contributed by atoms with Crippen molar-refractivity contribution >= 4 is 16.7 Å². The molecule has 3 nitrogen and oxygen atoms in total. The Bertz CT molecular complexity index is 865. The lowest BCUT2D eigenvalue weighted by atomic mass is 10.0. The first kappa shape index (κ1) is 14.8. The summed E-state index contributed by atoms with van der Waals surface area (Å²) >= 11 is 0. The lowest BCUT2D eigenvalue weighted by molar-refractivity contribution is 0.482. The molecule has 0 saturated heterocycles. The molecule has 1 N–H and O–H groups in total. The van der Waals surface area contributed by atoms with E-state index in [1.54, 1.807) is 0 Å². The van der Waals surface area contributed by atoms with Crippen molar-refractivity contribution < 1.29 is 0 Å². The Balaban J connectivity index is 1.50. The van der Waals surface area contributed by atoms with Crippen LogP contribution in [0.4, 0.5) is 0 Å². The zero-order chi connectivity index (χ0) is 16.4. The Morgan fingerprint density at radius 2 is 1.71 bits per heavy atom. The van der Waals surface area contributed by atoms with Crippen molar-refractivity contribution in [2.24, 2.45) is 4.99 Å². The van der Waals surface area contributed by atoms with Crippen LogP contribution >= 0.6 is 0 Å². The molecule has 4 rings (SSSR count). The molecule has 0 aromatic heterocycles. The minimum atomic E-state index is 0.274. The number of hydrogen-bond acceptors (Lipinski definition) is 3. The maximum absolute atomic E-state index is 4.70. The van der Waals surface area contributed by atoms with Crippen LogP contribution in [-0.2, 0) is 6.54 Å². The number of benzene rings is 3. The van der Waals surface area contributed by atoms with Crippen molar-refractivity contribution in [3.05, 3.63) is 83.9 Å². The molecule has 0 aliphatic carbocycles. The average molecular weight is 315 g/mol. The van der Waals surface area contributed by atoms with Gasteiger partial charge in [0.05, 0.1) is 12.6 Å². The zero-order valence-electron chi connectivity index (χ0n) is 13.8. The Hall–Kier alpha value is -2.81. The Labute approximate surface area is 142 Å². The largest absolute Gasteiger partial charge is 0.348 e. The summed E-state index contributed by atoms with van der Waals surface area (Å²) in [5, 5.41) is 6.15. The van der Waals surface area contributed by atoms with Crippen molar-refractivity contribution in [2.45, 2.75) is 12.6 Å². The Kier molecular flexibility index (Phi) is 3.91. The van der Waals surface area contributed by atoms with Crippen molar-refractivity contribution in [3.8, 4) is 0 Å². The van der Waals surface area contributed by atoms with Crippen LogP contribution in [-0.4, -0.2) is 24.5 Å². The van der Waals surface area contributed by atoms with Crippen LogP contribution in [0.25, 0.3) is 10.8 Å². The molecule has 1 unspecified atom stereocenters. The van der Waals surface area contributed by atoms with Crippen LogP contribution < -0.4 is 5.32 Å². The van der Waals surface area contributed by atoms with E-state index >= 15 is 0 Å². The minimum Gasteiger partial charge on any atom is -0.348 e. The molecule has 3 aromatic carbocycles. The summed E-state index contributed by atoms with van der Waals surface area (Å²) in [6, 6.07) is 25.8. The number of aliphatic imine (C=N–C) groups is 1. The maximum atomic E-state index is 4.70. The van der Waals surface area contributed by atoms with Gasteiger partial charge in [-0.3, -0.25) is 4.99 Å². The highest BCUT2D eigenvalue weighted by Crippen LogP contribution is 2.21. The molecule has 3 heteroatoms. The molecule has 24 heavy (non-hydrogen) atoms. The molecule has 0 spiro atoms. The molecule has 3 aromatic rings. The van der Waals surface area contributed by atoms with E-state index in [1.807, 2.05) is 6.07 Å². The van der Waals surface area contributed by atoms with Gasteiger partial charge in [0.1, 0.15) is 0 Å². The first-order valence-electron chi connectivity index (χ1n) is 8.35. The molecule has 1 aliphatic heterocycles. The van der Waals surface area contributed by atoms with E-state index in [0.29, 0.717) is 0 Å². The molecule has 1 aliphatic rings. The van der Waals surface area contributed by atoms with Crippen molar-refractivity contribution in [2.75, 3.05) is 13.6 Å². The molecule has 0 saturated carbocycles. The van der Waals surface area contributed by atoms with Gasteiger partial charge in [0.25, 0.3) is 0 Å². The minimum absolute atomic E-state index is 0.274. The van der Waals surface area contributed by atoms with E-state index in [1.165, 1.54) is 21.9 Å². The fourth-order valence-electron chi connectivity index (χ4n) is 3.29. The third-order valence-electron chi connectivity index (χ3n) is 4.58. The van der Waals surface area contributed by atoms with Gasteiger partial charge in [0.15, 0.2) is 5.96 Å². The van der Waals surface area contributed by atoms with E-state index < -0.39 is 0 Å². The van der Waals surface area contributed by atoms with E-state index in [-0.39, 0.29) is 6.04 Å². The lowest BCUT2D eigenvalue weighted by Gasteiger charge is -2.22. The summed E-state index contributed by atoms with van der Waals surface area (Å²) in [6.45, 7) is 1.63. The predicted molar refractivity (Wildman–Crippen MR) is 100 cm³/mol. The van der Waals surface area contributed by atoms with Gasteiger partial charge in [-0.15, -0.1) is 0 Å². The highest BCUT2D eigenvalue weighted by Gasteiger charge is 2.21. The van der Waals surface area contributed by atoms with Crippen LogP contribution in [0.15, 0.2) is 77.8 Å². The summed E-state index contributed by atoms with van der Waals surface area (Å²) in [5.74, 6) is 0.969. The number of nitrogens with one attached hydrogen (secondary N) is 1. The smallest absolute Gasteiger partial charge is 0.194 e. The molecule has 1 atom stereocenters. The highest BCUT2D eigenvalue weighted by atomic mass is 15.3. The normalized spacial score (nSPS) is 16.7. The zero-order valence-corrected chi connectivity index (χ0v) is 13.8. The summed E-state index contributed by atoms with van der Waals surface area (Å²) in [4.78, 5) is 6.90. The Morgan fingerprint density at radius 3 is 2.58 bits per heavy atom. The molecule has 0 amide bonds. The maximum Gasteiger partial charge on any atom is 0.194 e. The summed E-state index contributed by atoms with van der Waals surface area (Å²) in [6.07, 6.45) is 0. The van der Waals surface area contributed by atoms with Gasteiger partial charge >= 0.3 is 0 Å². The van der Waals surface area contributed by atoms with Gasteiger partial charge in [-0.25, -0.2) is 0 Å². The van der Waals surface area contributed by atoms with Crippen molar-refractivity contribution in [3.63, 3.8) is 0 Å². The molecule has 1 heterocycles. The Morgan fingerprint density at radius 1 is 0.958 bits per heavy atom. The highest BCUT2D eigenvalue weighted by molar-refractivity contribution is 5.87. The molecule has 0 radical (unpaired) electrons. The van der Waals surface area contributed by atoms with Gasteiger partial charge in [-0.2, -0.15) is 0 Å². The third-order valence-corrected chi connectivity index (χ3v) is 4.58. The first-order chi connectivity index (χ1) is 11.8. The number of fused-ring (bicyclic) bond motifs is 1. The second kappa shape index (κ2) is 6.36. The SMILES string of the molecule is CN(Cc1cccc2ccccc12)C1=NCC(c2ccccc2)N1. The van der Waals surface area contributed by atoms with Gasteiger partial charge in [0.2, 0.25) is 0 Å². The monoisotopic (exact) mass is 315 g/mol. The van der Waals surface area contributed by atoms with Crippen LogP contribution in [0.2, 0.25) is 0 Å². The van der Waals surface area contributed by atoms with Crippen LogP contribution in [0.1, 0.15) is 17.2 Å². The topological polar surface area (TPSA) is 27.6 Å². The number of nitrogens with zero attached hydrogens (tertiary/aromatic N) is 2. The number of guanidine groups is 1. The fourth-order valence-corrected chi connectivity index (χ4v) is 3.29. The first-order valence-corrected chi connectivity index (χ1v) is 8.35. The lowest BCUT2D eigenvalue weighted by Crippen LogP contribution is -2.36. The molecule has 0 fully saturated rings. The molecule has 120 valence electrons. The van der Waals surface area contributed by atoms with Crippen LogP contribution in [0.3, 0.4) is 0 Å². The summed E-state index contributed by atoms with van der Waals surface area (Å²) in [7, 11) is 2.10. The molecular weight excluding hydrogens is 294 g/mol. The van der Waals surface area contributed by atoms with Gasteiger partial charge in [-0.1, -0.05) is 72.8 Å². The van der Waals surface area contributed by atoms with Crippen molar-refractivity contribution in [1.82, 2.24) is 10.2 Å². The second-order valence-corrected chi connectivity index (χ2v) is 6.27. The second-order valence-electron chi connectivity index (χ2n) is 6.27. The predicted octanol–water partition coefficient (Wildman–Crippen LogP) is 3.97. The third kappa shape index (κ3) is 2.85. The quantitative estimate of drug-likeness (QED) is 0.792. The summed E-state index contributed by atoms with van der Waals surface area (Å²) in [5.41, 5.74) is 2.61. The standard InChI is InChI=1S/C21H21N3/c1-24(15-18-12-7-11-16-8-5-6-13-19(16)18)21-22-14-20(23-21)17-9-3-2-4-10-17/h2-13,20H,14-15H2,1H3,(H,22,23). The van der Waals surface area contributed by atoms with E-state index in [4.69, 9.17) is 4.99 Å². The van der Waals surface area contributed by atoms with E-state index in [0.717, 1.165) is 19.0 Å². The average Bonchev–Trinajstić information content (AvgIpc) is 3.13. The van der Waals surface area contributed by atoms with Crippen LogP contribution in [0.5, 0.6) is 0 Å². The summed E-state index contributed by atoms with van der Waals surface area (Å²) < 4.78 is 0. The van der Waals surface area contributed by atoms with Gasteiger partial charge in [0, 0.05) is 13.6 Å². The number of rotatable bonds is 3. The number of hydrogen-bond donors (Lipinski definition) is 1. The van der Waals surface area contributed by atoms with Crippen LogP contribution in [0, 0.1) is 0 Å². The fraction of sp³-hybridized carbons (Fsp3) is 0.190. The molecular formula is C21H21N3. The van der Waals surface area contributed by atoms with Crippen molar-refractivity contribution in [1.29, 1.82) is 0 Å². The van der Waals surface area contributed by atoms with Gasteiger partial charge in [-0.05, 0) is 21.9 Å². The van der Waals surface area contributed by atoms with Gasteiger partial charge < -0.3 is 10.2 Å². The molecule has 0 bridgehead atoms. The van der Waals surface area contributed by atoms with E-state index in [9.17, 15) is 0 Å². The van der Waals surface area contributed by atoms with E-state index in [2.05, 4.69) is 84.0 Å².